The van der Waals surface area contributed by atoms with E-state index in [-0.39, 0.29) is 5.84 Å². The normalized spacial score (nSPS) is 8.36. The number of carboxylic acid groups (broad SMARTS) is 1. The number of anilines is 1. The third-order valence-corrected chi connectivity index (χ3v) is 1.22. The molecular formula is C9H13N3O2. The van der Waals surface area contributed by atoms with E-state index in [0.29, 0.717) is 11.3 Å². The van der Waals surface area contributed by atoms with E-state index in [2.05, 4.69) is 0 Å². The highest BCUT2D eigenvalue weighted by atomic mass is 16.4. The molecule has 1 rings (SSSR count). The van der Waals surface area contributed by atoms with Gasteiger partial charge in [0.2, 0.25) is 0 Å². The third-order valence-electron chi connectivity index (χ3n) is 1.22. The maximum Gasteiger partial charge on any atom is 0.300 e. The maximum atomic E-state index is 9.00. The van der Waals surface area contributed by atoms with Gasteiger partial charge < -0.3 is 16.6 Å². The summed E-state index contributed by atoms with van der Waals surface area (Å²) in [7, 11) is 0. The highest BCUT2D eigenvalue weighted by molar-refractivity contribution is 5.95. The summed E-state index contributed by atoms with van der Waals surface area (Å²) >= 11 is 0. The van der Waals surface area contributed by atoms with Crippen molar-refractivity contribution in [3.8, 4) is 0 Å². The lowest BCUT2D eigenvalue weighted by atomic mass is 10.2. The summed E-state index contributed by atoms with van der Waals surface area (Å²) in [6, 6.07) is 6.88. The van der Waals surface area contributed by atoms with Gasteiger partial charge in [-0.05, 0) is 24.3 Å². The van der Waals surface area contributed by atoms with E-state index in [1.54, 1.807) is 24.3 Å². The van der Waals surface area contributed by atoms with Gasteiger partial charge >= 0.3 is 0 Å². The lowest BCUT2D eigenvalue weighted by Gasteiger charge is -1.96. The molecule has 1 aromatic rings. The first-order chi connectivity index (χ1) is 6.43. The van der Waals surface area contributed by atoms with Crippen LogP contribution in [-0.2, 0) is 4.79 Å². The smallest absolute Gasteiger partial charge is 0.300 e. The zero-order chi connectivity index (χ0) is 11.1. The standard InChI is InChI=1S/C7H9N3.C2H4O2/c8-6-3-1-5(2-4-6)7(9)10;1-2(3)4/h1-4H,8H2,(H3,9,10);1H3,(H,3,4). The Labute approximate surface area is 81.9 Å². The largest absolute Gasteiger partial charge is 0.481 e. The number of rotatable bonds is 1. The van der Waals surface area contributed by atoms with Crippen molar-refractivity contribution in [2.24, 2.45) is 5.73 Å². The molecule has 0 aliphatic rings. The van der Waals surface area contributed by atoms with Crippen LogP contribution in [0.4, 0.5) is 5.69 Å². The topological polar surface area (TPSA) is 113 Å². The van der Waals surface area contributed by atoms with Crippen LogP contribution in [0, 0.1) is 5.41 Å². The molecule has 0 heterocycles. The van der Waals surface area contributed by atoms with Crippen molar-refractivity contribution in [1.29, 1.82) is 5.41 Å². The van der Waals surface area contributed by atoms with Crippen molar-refractivity contribution in [3.05, 3.63) is 29.8 Å². The summed E-state index contributed by atoms with van der Waals surface area (Å²) in [5.41, 5.74) is 12.0. The fourth-order valence-corrected chi connectivity index (χ4v) is 0.663. The average Bonchev–Trinajstić information content (AvgIpc) is 2.03. The molecule has 0 unspecified atom stereocenters. The second-order valence-corrected chi connectivity index (χ2v) is 2.55. The van der Waals surface area contributed by atoms with E-state index < -0.39 is 5.97 Å². The van der Waals surface area contributed by atoms with Crippen LogP contribution in [0.3, 0.4) is 0 Å². The molecule has 14 heavy (non-hydrogen) atoms. The van der Waals surface area contributed by atoms with E-state index in [1.165, 1.54) is 0 Å². The summed E-state index contributed by atoms with van der Waals surface area (Å²) in [5.74, 6) is -0.764. The molecule has 0 bridgehead atoms. The number of carboxylic acids is 1. The zero-order valence-corrected chi connectivity index (χ0v) is 7.82. The Morgan fingerprint density at radius 2 is 1.71 bits per heavy atom. The van der Waals surface area contributed by atoms with Gasteiger partial charge in [-0.15, -0.1) is 0 Å². The predicted molar refractivity (Wildman–Crippen MR) is 55.2 cm³/mol. The van der Waals surface area contributed by atoms with Gasteiger partial charge in [0.25, 0.3) is 5.97 Å². The summed E-state index contributed by atoms with van der Waals surface area (Å²) in [4.78, 5) is 9.00. The van der Waals surface area contributed by atoms with Crippen LogP contribution in [0.5, 0.6) is 0 Å². The molecule has 1 aromatic carbocycles. The van der Waals surface area contributed by atoms with Gasteiger partial charge in [0.05, 0.1) is 0 Å². The van der Waals surface area contributed by atoms with E-state index in [1.807, 2.05) is 0 Å². The number of carbonyl (C=O) groups is 1. The molecule has 0 aromatic heterocycles. The summed E-state index contributed by atoms with van der Waals surface area (Å²) < 4.78 is 0. The Morgan fingerprint density at radius 3 is 2.00 bits per heavy atom. The Hall–Kier alpha value is -2.04. The minimum absolute atomic E-state index is 0.0694. The zero-order valence-electron chi connectivity index (χ0n) is 7.82. The van der Waals surface area contributed by atoms with Crippen LogP contribution >= 0.6 is 0 Å². The summed E-state index contributed by atoms with van der Waals surface area (Å²) in [5, 5.41) is 14.5. The Morgan fingerprint density at radius 1 is 1.36 bits per heavy atom. The SMILES string of the molecule is CC(=O)O.N=C(N)c1ccc(N)cc1. The number of hydrogen-bond acceptors (Lipinski definition) is 3. The summed E-state index contributed by atoms with van der Waals surface area (Å²) in [6.07, 6.45) is 0. The first kappa shape index (κ1) is 12.0. The fourth-order valence-electron chi connectivity index (χ4n) is 0.663. The van der Waals surface area contributed by atoms with Crippen molar-refractivity contribution in [3.63, 3.8) is 0 Å². The first-order valence-electron chi connectivity index (χ1n) is 3.83. The van der Waals surface area contributed by atoms with Gasteiger partial charge in [-0.3, -0.25) is 10.2 Å². The van der Waals surface area contributed by atoms with Crippen LogP contribution in [-0.4, -0.2) is 16.9 Å². The van der Waals surface area contributed by atoms with Crippen LogP contribution < -0.4 is 11.5 Å². The van der Waals surface area contributed by atoms with Gasteiger partial charge in [0.15, 0.2) is 0 Å². The quantitative estimate of drug-likeness (QED) is 0.299. The van der Waals surface area contributed by atoms with Gasteiger partial charge in [0.1, 0.15) is 5.84 Å². The van der Waals surface area contributed by atoms with E-state index in [0.717, 1.165) is 6.92 Å². The van der Waals surface area contributed by atoms with E-state index >= 15 is 0 Å². The number of nitrogen functional groups attached to an aromatic ring is 2. The van der Waals surface area contributed by atoms with Crippen molar-refractivity contribution in [2.75, 3.05) is 5.73 Å². The minimum atomic E-state index is -0.833. The molecule has 0 aliphatic heterocycles. The molecule has 0 saturated carbocycles. The number of hydrogen-bond donors (Lipinski definition) is 4. The van der Waals surface area contributed by atoms with Crippen LogP contribution in [0.1, 0.15) is 12.5 Å². The third kappa shape index (κ3) is 5.59. The molecule has 76 valence electrons. The second-order valence-electron chi connectivity index (χ2n) is 2.55. The molecule has 0 amide bonds. The van der Waals surface area contributed by atoms with Crippen molar-refractivity contribution in [2.45, 2.75) is 6.92 Å². The monoisotopic (exact) mass is 195 g/mol. The van der Waals surface area contributed by atoms with E-state index in [9.17, 15) is 0 Å². The molecule has 0 radical (unpaired) electrons. The number of nitrogens with one attached hydrogen (secondary N) is 1. The number of nitrogens with two attached hydrogens (primary N) is 2. The van der Waals surface area contributed by atoms with Crippen LogP contribution in [0.15, 0.2) is 24.3 Å². The van der Waals surface area contributed by atoms with Gasteiger partial charge in [-0.2, -0.15) is 0 Å². The fraction of sp³-hybridized carbons (Fsp3) is 0.111. The van der Waals surface area contributed by atoms with E-state index in [4.69, 9.17) is 26.8 Å². The van der Waals surface area contributed by atoms with Gasteiger partial charge in [-0.25, -0.2) is 0 Å². The van der Waals surface area contributed by atoms with Crippen molar-refractivity contribution < 1.29 is 9.90 Å². The summed E-state index contributed by atoms with van der Waals surface area (Å²) in [6.45, 7) is 1.08. The molecule has 0 atom stereocenters. The number of aliphatic carboxylic acids is 1. The second kappa shape index (κ2) is 5.58. The molecular weight excluding hydrogens is 182 g/mol. The molecule has 0 spiro atoms. The average molecular weight is 195 g/mol. The van der Waals surface area contributed by atoms with Crippen LogP contribution in [0.25, 0.3) is 0 Å². The highest BCUT2D eigenvalue weighted by Gasteiger charge is 1.92. The molecule has 0 fully saturated rings. The molecule has 5 heteroatoms. The molecule has 5 nitrogen and oxygen atoms in total. The predicted octanol–water partition coefficient (Wildman–Crippen LogP) is 0.644. The van der Waals surface area contributed by atoms with Crippen LogP contribution in [0.2, 0.25) is 0 Å². The lowest BCUT2D eigenvalue weighted by molar-refractivity contribution is -0.134. The highest BCUT2D eigenvalue weighted by Crippen LogP contribution is 2.03. The Kier molecular flexibility index (Phi) is 4.77. The Bertz CT molecular complexity index is 315. The van der Waals surface area contributed by atoms with Gasteiger partial charge in [0, 0.05) is 18.2 Å². The van der Waals surface area contributed by atoms with Crippen molar-refractivity contribution in [1.82, 2.24) is 0 Å². The lowest BCUT2D eigenvalue weighted by Crippen LogP contribution is -2.10. The number of amidine groups is 1. The maximum absolute atomic E-state index is 9.00. The molecule has 0 saturated heterocycles. The van der Waals surface area contributed by atoms with Gasteiger partial charge in [-0.1, -0.05) is 0 Å². The first-order valence-corrected chi connectivity index (χ1v) is 3.83. The van der Waals surface area contributed by atoms with Crippen molar-refractivity contribution >= 4 is 17.5 Å². The molecule has 6 N–H and O–H groups in total. The number of benzene rings is 1. The Balaban J connectivity index is 0.000000364. The minimum Gasteiger partial charge on any atom is -0.481 e. The molecule has 0 aliphatic carbocycles.